The molecule has 0 unspecified atom stereocenters. The van der Waals surface area contributed by atoms with Crippen molar-refractivity contribution >= 4 is 53.3 Å². The lowest BCUT2D eigenvalue weighted by molar-refractivity contribution is -0.145. The van der Waals surface area contributed by atoms with Crippen molar-refractivity contribution in [2.75, 3.05) is 26.2 Å². The maximum Gasteiger partial charge on any atom is 0.326 e. The van der Waals surface area contributed by atoms with Gasteiger partial charge in [0, 0.05) is 13.1 Å². The first-order valence-electron chi connectivity index (χ1n) is 18.9. The van der Waals surface area contributed by atoms with Gasteiger partial charge in [-0.3, -0.25) is 38.6 Å². The Labute approximate surface area is 330 Å². The molecule has 1 aliphatic rings. The molecule has 0 bridgehead atoms. The summed E-state index contributed by atoms with van der Waals surface area (Å²) in [7, 11) is 0. The fourth-order valence-electron chi connectivity index (χ4n) is 5.89. The number of aliphatic hydroxyl groups excluding tert-OH is 2. The molecule has 1 heterocycles. The van der Waals surface area contributed by atoms with E-state index in [4.69, 9.17) is 22.9 Å². The fourth-order valence-corrected chi connectivity index (χ4v) is 5.89. The van der Waals surface area contributed by atoms with Gasteiger partial charge in [-0.15, -0.1) is 0 Å². The number of hydrogen-bond acceptors (Lipinski definition) is 13. The van der Waals surface area contributed by atoms with Gasteiger partial charge in [-0.25, -0.2) is 4.79 Å². The number of guanidine groups is 1. The predicted molar refractivity (Wildman–Crippen MR) is 203 cm³/mol. The highest BCUT2D eigenvalue weighted by Crippen LogP contribution is 2.21. The molecular weight excluding hydrogens is 754 g/mol. The number of hydrogen-bond donors (Lipinski definition) is 13. The lowest BCUT2D eigenvalue weighted by Crippen LogP contribution is -2.61. The van der Waals surface area contributed by atoms with E-state index in [1.165, 1.54) is 0 Å². The Morgan fingerprint density at radius 1 is 0.807 bits per heavy atom. The van der Waals surface area contributed by atoms with Crippen LogP contribution >= 0.6 is 0 Å². The van der Waals surface area contributed by atoms with E-state index in [1.807, 2.05) is 0 Å². The third-order valence-corrected chi connectivity index (χ3v) is 9.36. The highest BCUT2D eigenvalue weighted by molar-refractivity contribution is 5.98. The second-order valence-electron chi connectivity index (χ2n) is 13.9. The summed E-state index contributed by atoms with van der Waals surface area (Å²) in [6.45, 7) is 4.30. The minimum Gasteiger partial charge on any atom is -0.481 e. The molecule has 324 valence electrons. The first-order valence-corrected chi connectivity index (χ1v) is 18.9. The number of carboxylic acids is 2. The summed E-state index contributed by atoms with van der Waals surface area (Å²) in [5, 5.41) is 50.6. The van der Waals surface area contributed by atoms with Crippen LogP contribution < -0.4 is 49.5 Å². The van der Waals surface area contributed by atoms with Crippen LogP contribution in [-0.4, -0.2) is 153 Å². The van der Waals surface area contributed by atoms with Crippen molar-refractivity contribution in [3.05, 3.63) is 0 Å². The Morgan fingerprint density at radius 2 is 1.40 bits per heavy atom. The van der Waals surface area contributed by atoms with Crippen molar-refractivity contribution < 1.29 is 58.8 Å². The molecule has 9 atom stereocenters. The second-order valence-corrected chi connectivity index (χ2v) is 13.9. The van der Waals surface area contributed by atoms with Crippen molar-refractivity contribution in [3.8, 4) is 0 Å². The molecule has 0 saturated carbocycles. The largest absolute Gasteiger partial charge is 0.481 e. The molecule has 0 aromatic carbocycles. The number of amides is 6. The molecule has 23 nitrogen and oxygen atoms in total. The quantitative estimate of drug-likeness (QED) is 0.0221. The van der Waals surface area contributed by atoms with Crippen molar-refractivity contribution in [2.24, 2.45) is 33.8 Å². The van der Waals surface area contributed by atoms with Crippen LogP contribution in [-0.2, 0) is 38.4 Å². The van der Waals surface area contributed by atoms with E-state index in [2.05, 4.69) is 31.6 Å². The Bertz CT molecular complexity index is 1430. The van der Waals surface area contributed by atoms with E-state index >= 15 is 0 Å². The van der Waals surface area contributed by atoms with E-state index < -0.39 is 115 Å². The Morgan fingerprint density at radius 3 is 1.95 bits per heavy atom. The Hall–Kier alpha value is -5.13. The van der Waals surface area contributed by atoms with Gasteiger partial charge in [0.15, 0.2) is 5.96 Å². The lowest BCUT2D eigenvalue weighted by Gasteiger charge is -2.31. The molecule has 0 aromatic rings. The number of nitrogens with one attached hydrogen (secondary N) is 5. The number of unbranched alkanes of at least 4 members (excludes halogenated alkanes) is 1. The number of likely N-dealkylation sites (tertiary alicyclic amines) is 1. The molecule has 57 heavy (non-hydrogen) atoms. The summed E-state index contributed by atoms with van der Waals surface area (Å²) < 4.78 is 0. The zero-order valence-corrected chi connectivity index (χ0v) is 32.6. The molecule has 0 radical (unpaired) electrons. The molecule has 1 aliphatic heterocycles. The number of rotatable bonds is 26. The van der Waals surface area contributed by atoms with Gasteiger partial charge >= 0.3 is 11.9 Å². The molecule has 1 fully saturated rings. The number of nitrogens with two attached hydrogens (primary N) is 4. The van der Waals surface area contributed by atoms with E-state index in [1.54, 1.807) is 13.8 Å². The van der Waals surface area contributed by atoms with Crippen molar-refractivity contribution in [1.29, 1.82) is 0 Å². The van der Waals surface area contributed by atoms with Crippen LogP contribution in [0.3, 0.4) is 0 Å². The molecule has 0 spiro atoms. The normalized spacial score (nSPS) is 17.9. The standard InChI is InChI=1S/C34H61N11O12/c1-4-17(2)25(43-27(50)19(36)16-46)30(53)40-20(10-7-13-39-34(37)38)32(55)45-14-8-11-23(45)29(52)42-22(15-24(48)49)28(51)44-26(18(3)47)31(54)41-21(33(56)57)9-5-6-12-35/h17-23,25-26,46-47H,4-16,35-36H2,1-3H3,(H,40,53)(H,41,54)(H,42,52)(H,43,50)(H,44,51)(H,48,49)(H,56,57)(H4,37,38,39)/t17-,18+,19-,20-,21-,22-,23-,25-,26-/m0/s1. The van der Waals surface area contributed by atoms with Gasteiger partial charge in [0.05, 0.1) is 19.1 Å². The first kappa shape index (κ1) is 49.9. The Kier molecular flexibility index (Phi) is 22.0. The maximum atomic E-state index is 14.1. The molecular formula is C34H61N11O12. The van der Waals surface area contributed by atoms with Gasteiger partial charge in [-0.05, 0) is 64.3 Å². The summed E-state index contributed by atoms with van der Waals surface area (Å²) in [4.78, 5) is 109. The molecule has 0 aliphatic carbocycles. The van der Waals surface area contributed by atoms with Crippen LogP contribution in [0.25, 0.3) is 0 Å². The van der Waals surface area contributed by atoms with Gasteiger partial charge in [-0.1, -0.05) is 20.3 Å². The topological polar surface area (TPSA) is 397 Å². The first-order chi connectivity index (χ1) is 26.8. The van der Waals surface area contributed by atoms with Gasteiger partial charge in [0.25, 0.3) is 0 Å². The highest BCUT2D eigenvalue weighted by Gasteiger charge is 2.41. The average Bonchev–Trinajstić information content (AvgIpc) is 3.65. The van der Waals surface area contributed by atoms with Gasteiger partial charge < -0.3 is 74.8 Å². The van der Waals surface area contributed by atoms with Crippen LogP contribution in [0.4, 0.5) is 0 Å². The lowest BCUT2D eigenvalue weighted by atomic mass is 9.97. The summed E-state index contributed by atoms with van der Waals surface area (Å²) in [6, 6.07) is -9.95. The summed E-state index contributed by atoms with van der Waals surface area (Å²) >= 11 is 0. The van der Waals surface area contributed by atoms with E-state index in [-0.39, 0.29) is 51.3 Å². The SMILES string of the molecule is CC[C@H](C)[C@H](NC(=O)[C@@H](N)CO)C(=O)N[C@@H](CCCN=C(N)N)C(=O)N1CCC[C@H]1C(=O)N[C@@H](CC(=O)O)C(=O)N[C@H](C(=O)N[C@@H](CCCCN)C(=O)O)[C@@H](C)O. The van der Waals surface area contributed by atoms with Crippen LogP contribution in [0.1, 0.15) is 78.6 Å². The molecule has 0 aromatic heterocycles. The van der Waals surface area contributed by atoms with E-state index in [0.29, 0.717) is 25.7 Å². The van der Waals surface area contributed by atoms with Gasteiger partial charge in [0.2, 0.25) is 35.4 Å². The maximum absolute atomic E-state index is 14.1. The van der Waals surface area contributed by atoms with Crippen molar-refractivity contribution in [3.63, 3.8) is 0 Å². The van der Waals surface area contributed by atoms with Crippen LogP contribution in [0.15, 0.2) is 4.99 Å². The molecule has 1 rings (SSSR count). The van der Waals surface area contributed by atoms with Gasteiger partial charge in [0.1, 0.15) is 42.3 Å². The third-order valence-electron chi connectivity index (χ3n) is 9.36. The summed E-state index contributed by atoms with van der Waals surface area (Å²) in [6.07, 6.45) is -0.748. The molecule has 23 heteroatoms. The van der Waals surface area contributed by atoms with Crippen molar-refractivity contribution in [1.82, 2.24) is 31.5 Å². The third kappa shape index (κ3) is 16.9. The Balaban J connectivity index is 3.31. The average molecular weight is 816 g/mol. The molecule has 17 N–H and O–H groups in total. The fraction of sp³-hybridized carbons (Fsp3) is 0.735. The number of aliphatic imine (C=N–C) groups is 1. The number of carbonyl (C=O) groups excluding carboxylic acids is 6. The van der Waals surface area contributed by atoms with Crippen LogP contribution in [0.5, 0.6) is 0 Å². The molecule has 6 amide bonds. The van der Waals surface area contributed by atoms with Gasteiger partial charge in [-0.2, -0.15) is 0 Å². The minimum absolute atomic E-state index is 0.00218. The smallest absolute Gasteiger partial charge is 0.326 e. The minimum atomic E-state index is -1.82. The predicted octanol–water partition coefficient (Wildman–Crippen LogP) is -5.11. The van der Waals surface area contributed by atoms with E-state index in [0.717, 1.165) is 11.8 Å². The summed E-state index contributed by atoms with van der Waals surface area (Å²) in [5.74, 6) is -9.01. The summed E-state index contributed by atoms with van der Waals surface area (Å²) in [5.41, 5.74) is 21.9. The number of nitrogens with zero attached hydrogens (tertiary/aromatic N) is 2. The zero-order valence-electron chi connectivity index (χ0n) is 32.6. The number of carboxylic acid groups (broad SMARTS) is 2. The molecule has 1 saturated heterocycles. The highest BCUT2D eigenvalue weighted by atomic mass is 16.4. The number of aliphatic carboxylic acids is 2. The number of aliphatic hydroxyl groups is 2. The number of carbonyl (C=O) groups is 8. The van der Waals surface area contributed by atoms with Crippen LogP contribution in [0, 0.1) is 5.92 Å². The zero-order chi connectivity index (χ0) is 43.4. The van der Waals surface area contributed by atoms with E-state index in [9.17, 15) is 58.8 Å². The second kappa shape index (κ2) is 25.2. The van der Waals surface area contributed by atoms with Crippen LogP contribution in [0.2, 0.25) is 0 Å². The monoisotopic (exact) mass is 815 g/mol. The van der Waals surface area contributed by atoms with Crippen molar-refractivity contribution in [2.45, 2.75) is 127 Å².